The molecule has 1 aliphatic rings. The molecule has 0 saturated carbocycles. The quantitative estimate of drug-likeness (QED) is 0.200. The van der Waals surface area contributed by atoms with Crippen LogP contribution in [0.4, 0.5) is 28.9 Å². The van der Waals surface area contributed by atoms with Crippen LogP contribution in [-0.4, -0.2) is 17.0 Å². The van der Waals surface area contributed by atoms with Crippen LogP contribution >= 0.6 is 0 Å². The number of hydrogen-bond donors (Lipinski definition) is 0. The molecule has 0 N–H and O–H groups in total. The van der Waals surface area contributed by atoms with Crippen LogP contribution in [0.25, 0.3) is 55.6 Å². The van der Waals surface area contributed by atoms with Crippen molar-refractivity contribution in [1.82, 2.24) is 9.97 Å². The minimum Gasteiger partial charge on any atom is -0.464 e. The third kappa shape index (κ3) is 3.34. The molecule has 1 aliphatic heterocycles. The van der Waals surface area contributed by atoms with Crippen LogP contribution < -0.4 is 14.4 Å². The number of pyridine rings is 2. The van der Waals surface area contributed by atoms with Gasteiger partial charge in [-0.2, -0.15) is 4.57 Å². The average molecular weight is 563 g/mol. The van der Waals surface area contributed by atoms with Gasteiger partial charge in [0.15, 0.2) is 5.69 Å². The molecule has 0 radical (unpaired) electrons. The Labute approximate surface area is 245 Å². The Morgan fingerprint density at radius 3 is 2.44 bits per heavy atom. The van der Waals surface area contributed by atoms with Crippen molar-refractivity contribution in [3.63, 3.8) is 0 Å². The van der Waals surface area contributed by atoms with Crippen molar-refractivity contribution in [2.75, 3.05) is 16.8 Å². The molecule has 0 atom stereocenters. The Bertz CT molecular complexity index is 2350. The minimum atomic E-state index is 0.419. The molecule has 0 bridgehead atoms. The summed E-state index contributed by atoms with van der Waals surface area (Å²) in [6, 6.07) is 31.2. The van der Waals surface area contributed by atoms with E-state index in [1.54, 1.807) is 12.5 Å². The van der Waals surface area contributed by atoms with E-state index in [4.69, 9.17) is 18.2 Å². The molecule has 9 rings (SSSR count). The largest absolute Gasteiger partial charge is 0.471 e. The highest BCUT2D eigenvalue weighted by Gasteiger charge is 2.41. The third-order valence-electron chi connectivity index (χ3n) is 8.31. The van der Waals surface area contributed by atoms with Crippen LogP contribution in [0, 0.1) is 0 Å². The van der Waals surface area contributed by atoms with Crippen molar-refractivity contribution in [2.45, 2.75) is 0 Å². The molecule has 6 heterocycles. The number of benzene rings is 3. The minimum absolute atomic E-state index is 0.419. The van der Waals surface area contributed by atoms with Crippen molar-refractivity contribution in [3.8, 4) is 22.4 Å². The molecule has 0 unspecified atom stereocenters. The number of anilines is 5. The van der Waals surface area contributed by atoms with E-state index in [9.17, 15) is 0 Å². The van der Waals surface area contributed by atoms with E-state index in [-0.39, 0.29) is 0 Å². The molecule has 0 aliphatic carbocycles. The van der Waals surface area contributed by atoms with Crippen LogP contribution in [-0.2, 0) is 7.05 Å². The zero-order valence-electron chi connectivity index (χ0n) is 23.4. The summed E-state index contributed by atoms with van der Waals surface area (Å²) < 4.78 is 20.4. The van der Waals surface area contributed by atoms with Gasteiger partial charge in [-0.1, -0.05) is 54.6 Å². The fourth-order valence-corrected chi connectivity index (χ4v) is 6.24. The molecular weight excluding hydrogens is 538 g/mol. The summed E-state index contributed by atoms with van der Waals surface area (Å²) in [5.74, 6) is 1.17. The van der Waals surface area contributed by atoms with Crippen LogP contribution in [0.15, 0.2) is 123 Å². The third-order valence-corrected chi connectivity index (χ3v) is 8.31. The van der Waals surface area contributed by atoms with Gasteiger partial charge in [0, 0.05) is 35.1 Å². The number of hydrogen-bond acceptors (Lipinski definition) is 7. The lowest BCUT2D eigenvalue weighted by Gasteiger charge is -2.31. The highest BCUT2D eigenvalue weighted by molar-refractivity contribution is 6.06. The van der Waals surface area contributed by atoms with E-state index < -0.39 is 0 Å². The Morgan fingerprint density at radius 1 is 0.744 bits per heavy atom. The fourth-order valence-electron chi connectivity index (χ4n) is 6.24. The maximum Gasteiger partial charge on any atom is 0.471 e. The zero-order valence-corrected chi connectivity index (χ0v) is 23.4. The van der Waals surface area contributed by atoms with Gasteiger partial charge in [0.25, 0.3) is 5.82 Å². The summed E-state index contributed by atoms with van der Waals surface area (Å²) in [6.45, 7) is 0. The van der Waals surface area contributed by atoms with Gasteiger partial charge >= 0.3 is 11.8 Å². The summed E-state index contributed by atoms with van der Waals surface area (Å²) in [5.41, 5.74) is 9.15. The molecule has 0 spiro atoms. The zero-order chi connectivity index (χ0) is 28.7. The summed E-state index contributed by atoms with van der Waals surface area (Å²) in [5, 5.41) is 2.08. The fraction of sp³-hybridized carbons (Fsp3) is 0.0571. The predicted molar refractivity (Wildman–Crippen MR) is 166 cm³/mol. The molecule has 3 aromatic carbocycles. The number of aryl methyl sites for hydroxylation is 1. The van der Waals surface area contributed by atoms with Crippen LogP contribution in [0.5, 0.6) is 0 Å². The summed E-state index contributed by atoms with van der Waals surface area (Å²) in [6.07, 6.45) is 5.29. The second-order valence-corrected chi connectivity index (χ2v) is 10.7. The first-order chi connectivity index (χ1) is 21.2. The lowest BCUT2D eigenvalue weighted by molar-refractivity contribution is -0.634. The van der Waals surface area contributed by atoms with E-state index in [1.807, 2.05) is 66.4 Å². The van der Waals surface area contributed by atoms with Crippen molar-refractivity contribution >= 4 is 62.1 Å². The van der Waals surface area contributed by atoms with Gasteiger partial charge in [-0.05, 0) is 36.4 Å². The molecule has 0 fully saturated rings. The molecule has 206 valence electrons. The van der Waals surface area contributed by atoms with E-state index in [0.717, 1.165) is 72.7 Å². The van der Waals surface area contributed by atoms with Gasteiger partial charge in [-0.15, -0.1) is 4.90 Å². The molecule has 0 amide bonds. The topological polar surface area (TPSA) is 75.6 Å². The Morgan fingerprint density at radius 2 is 1.56 bits per heavy atom. The Kier molecular flexibility index (Phi) is 4.87. The Balaban J connectivity index is 1.31. The molecule has 0 saturated heterocycles. The molecular formula is C35H24N5O3+. The van der Waals surface area contributed by atoms with E-state index in [2.05, 4.69) is 64.3 Å². The Hall–Kier alpha value is -5.89. The van der Waals surface area contributed by atoms with E-state index >= 15 is 0 Å². The van der Waals surface area contributed by atoms with Crippen LogP contribution in [0.1, 0.15) is 0 Å². The SMILES string of the molecule is CN1c2ccccc2N(c2oc3occ(-c4ccccn4)c3[n+]2C)c2nc3c(-c4coc5ccccc45)cccc3cc21. The monoisotopic (exact) mass is 562 g/mol. The molecule has 43 heavy (non-hydrogen) atoms. The van der Waals surface area contributed by atoms with Gasteiger partial charge in [-0.25, -0.2) is 4.98 Å². The number of rotatable bonds is 3. The van der Waals surface area contributed by atoms with Gasteiger partial charge in [-0.3, -0.25) is 4.98 Å². The maximum absolute atomic E-state index is 6.48. The number of aromatic nitrogens is 3. The van der Waals surface area contributed by atoms with E-state index in [1.165, 1.54) is 0 Å². The normalized spacial score (nSPS) is 12.8. The van der Waals surface area contributed by atoms with E-state index in [0.29, 0.717) is 11.8 Å². The number of fused-ring (bicyclic) bond motifs is 5. The molecule has 8 aromatic rings. The summed E-state index contributed by atoms with van der Waals surface area (Å²) in [4.78, 5) is 14.2. The average Bonchev–Trinajstić information content (AvgIpc) is 3.76. The molecule has 8 heteroatoms. The van der Waals surface area contributed by atoms with Crippen LogP contribution in [0.2, 0.25) is 0 Å². The standard InChI is InChI=1S/C35H24N5O3/c1-38-27-14-4-5-15-28(27)40(35-39(2)32-25(20-42-34(32)43-35)26-13-7-8-17-36-26)33-29(38)18-21-10-9-12-23(31(21)37-33)24-19-41-30-16-6-3-11-22(24)30/h3-20H,1-2H3/q+1. The highest BCUT2D eigenvalue weighted by Crippen LogP contribution is 2.51. The van der Waals surface area contributed by atoms with Crippen molar-refractivity contribution in [3.05, 3.63) is 110 Å². The smallest absolute Gasteiger partial charge is 0.464 e. The number of nitrogens with zero attached hydrogens (tertiary/aromatic N) is 5. The first-order valence-corrected chi connectivity index (χ1v) is 14.0. The van der Waals surface area contributed by atoms with Gasteiger partial charge in [0.2, 0.25) is 5.52 Å². The van der Waals surface area contributed by atoms with Crippen molar-refractivity contribution < 1.29 is 17.8 Å². The molecule has 5 aromatic heterocycles. The van der Waals surface area contributed by atoms with Gasteiger partial charge in [0.1, 0.15) is 17.5 Å². The van der Waals surface area contributed by atoms with Gasteiger partial charge in [0.05, 0.1) is 35.8 Å². The molecule has 8 nitrogen and oxygen atoms in total. The predicted octanol–water partition coefficient (Wildman–Crippen LogP) is 8.42. The van der Waals surface area contributed by atoms with Crippen molar-refractivity contribution in [1.29, 1.82) is 0 Å². The first-order valence-electron chi connectivity index (χ1n) is 14.0. The summed E-state index contributed by atoms with van der Waals surface area (Å²) >= 11 is 0. The number of oxazole rings is 1. The maximum atomic E-state index is 6.48. The van der Waals surface area contributed by atoms with Crippen molar-refractivity contribution in [2.24, 2.45) is 7.05 Å². The number of furan rings is 2. The number of para-hydroxylation sites is 4. The summed E-state index contributed by atoms with van der Waals surface area (Å²) in [7, 11) is 4.05. The second kappa shape index (κ2) is 8.80. The lowest BCUT2D eigenvalue weighted by Crippen LogP contribution is -2.36. The lowest BCUT2D eigenvalue weighted by atomic mass is 10.0. The van der Waals surface area contributed by atoms with Gasteiger partial charge < -0.3 is 18.2 Å². The highest BCUT2D eigenvalue weighted by atomic mass is 16.5. The second-order valence-electron chi connectivity index (χ2n) is 10.7. The first kappa shape index (κ1) is 23.8. The van der Waals surface area contributed by atoms with Crippen LogP contribution in [0.3, 0.4) is 0 Å².